The van der Waals surface area contributed by atoms with Crippen molar-refractivity contribution in [2.24, 2.45) is 0 Å². The molecular weight excluding hydrogens is 264 g/mol. The molecule has 0 radical (unpaired) electrons. The minimum Gasteiger partial charge on any atom is -0.495 e. The molecule has 0 aliphatic carbocycles. The summed E-state index contributed by atoms with van der Waals surface area (Å²) in [6, 6.07) is 7.08. The lowest BCUT2D eigenvalue weighted by atomic mass is 10.3. The molecule has 0 atom stereocenters. The van der Waals surface area contributed by atoms with Crippen molar-refractivity contribution in [3.63, 3.8) is 0 Å². The van der Waals surface area contributed by atoms with Crippen LogP contribution in [0.2, 0.25) is 5.02 Å². The molecule has 0 fully saturated rings. The highest BCUT2D eigenvalue weighted by Crippen LogP contribution is 2.28. The second-order valence-electron chi connectivity index (χ2n) is 3.92. The zero-order chi connectivity index (χ0) is 13.8. The fourth-order valence-corrected chi connectivity index (χ4v) is 1.82. The molecule has 6 heteroatoms. The molecule has 1 aromatic carbocycles. The van der Waals surface area contributed by atoms with Gasteiger partial charge < -0.3 is 15.8 Å². The predicted octanol–water partition coefficient (Wildman–Crippen LogP) is 3.03. The Labute approximate surface area is 116 Å². The lowest BCUT2D eigenvalue weighted by Crippen LogP contribution is -2.02. The fourth-order valence-electron chi connectivity index (χ4n) is 1.63. The zero-order valence-electron chi connectivity index (χ0n) is 10.8. The van der Waals surface area contributed by atoms with Gasteiger partial charge in [-0.15, -0.1) is 0 Å². The number of nitrogens with one attached hydrogen (secondary N) is 1. The van der Waals surface area contributed by atoms with Crippen LogP contribution in [0, 0.1) is 0 Å². The van der Waals surface area contributed by atoms with Crippen molar-refractivity contribution in [2.45, 2.75) is 13.3 Å². The van der Waals surface area contributed by atoms with Gasteiger partial charge in [0.25, 0.3) is 0 Å². The Bertz CT molecular complexity index is 589. The van der Waals surface area contributed by atoms with Gasteiger partial charge >= 0.3 is 0 Å². The summed E-state index contributed by atoms with van der Waals surface area (Å²) in [7, 11) is 1.57. The molecular formula is C13H15ClN4O. The summed E-state index contributed by atoms with van der Waals surface area (Å²) >= 11 is 5.97. The van der Waals surface area contributed by atoms with Gasteiger partial charge in [0.1, 0.15) is 23.2 Å². The smallest absolute Gasteiger partial charge is 0.139 e. The topological polar surface area (TPSA) is 73.1 Å². The number of benzene rings is 1. The van der Waals surface area contributed by atoms with Gasteiger partial charge in [-0.2, -0.15) is 0 Å². The fraction of sp³-hybridized carbons (Fsp3) is 0.231. The first-order valence-electron chi connectivity index (χ1n) is 5.86. The summed E-state index contributed by atoms with van der Waals surface area (Å²) in [5, 5.41) is 3.71. The Kier molecular flexibility index (Phi) is 4.06. The van der Waals surface area contributed by atoms with Crippen LogP contribution in [0.1, 0.15) is 12.7 Å². The lowest BCUT2D eigenvalue weighted by molar-refractivity contribution is 0.415. The normalized spacial score (nSPS) is 10.3. The van der Waals surface area contributed by atoms with E-state index in [9.17, 15) is 0 Å². The van der Waals surface area contributed by atoms with Crippen LogP contribution in [-0.4, -0.2) is 17.1 Å². The maximum absolute atomic E-state index is 5.97. The number of anilines is 3. The first-order chi connectivity index (χ1) is 9.12. The number of hydrogen-bond donors (Lipinski definition) is 2. The van der Waals surface area contributed by atoms with Crippen LogP contribution in [0.25, 0.3) is 0 Å². The molecule has 100 valence electrons. The van der Waals surface area contributed by atoms with E-state index in [1.165, 1.54) is 0 Å². The number of nitrogen functional groups attached to an aromatic ring is 1. The number of nitrogens with two attached hydrogens (primary N) is 1. The molecule has 0 bridgehead atoms. The Balaban J connectivity index is 2.28. The first kappa shape index (κ1) is 13.4. The summed E-state index contributed by atoms with van der Waals surface area (Å²) in [6.07, 6.45) is 0.726. The van der Waals surface area contributed by atoms with E-state index >= 15 is 0 Å². The summed E-state index contributed by atoms with van der Waals surface area (Å²) in [4.78, 5) is 8.47. The monoisotopic (exact) mass is 278 g/mol. The molecule has 0 amide bonds. The summed E-state index contributed by atoms with van der Waals surface area (Å²) in [6.45, 7) is 1.98. The Hall–Kier alpha value is -2.01. The van der Waals surface area contributed by atoms with E-state index in [0.29, 0.717) is 28.2 Å². The predicted molar refractivity (Wildman–Crippen MR) is 77.1 cm³/mol. The number of halogens is 1. The van der Waals surface area contributed by atoms with Gasteiger partial charge in [0, 0.05) is 24.2 Å². The highest BCUT2D eigenvalue weighted by atomic mass is 35.5. The largest absolute Gasteiger partial charge is 0.495 e. The third-order valence-corrected chi connectivity index (χ3v) is 2.84. The van der Waals surface area contributed by atoms with E-state index in [0.717, 1.165) is 12.1 Å². The molecule has 0 aliphatic heterocycles. The van der Waals surface area contributed by atoms with Gasteiger partial charge in [0.2, 0.25) is 0 Å². The van der Waals surface area contributed by atoms with E-state index in [2.05, 4.69) is 15.3 Å². The summed E-state index contributed by atoms with van der Waals surface area (Å²) in [5.74, 6) is 2.39. The highest BCUT2D eigenvalue weighted by molar-refractivity contribution is 6.32. The lowest BCUT2D eigenvalue weighted by Gasteiger charge is -2.10. The van der Waals surface area contributed by atoms with E-state index in [-0.39, 0.29) is 0 Å². The number of ether oxygens (including phenoxy) is 1. The van der Waals surface area contributed by atoms with Crippen molar-refractivity contribution in [3.8, 4) is 5.75 Å². The van der Waals surface area contributed by atoms with E-state index in [1.807, 2.05) is 13.0 Å². The minimum absolute atomic E-state index is 0.440. The second kappa shape index (κ2) is 5.75. The van der Waals surface area contributed by atoms with Crippen LogP contribution >= 0.6 is 11.6 Å². The molecule has 3 N–H and O–H groups in total. The SMILES string of the molecule is CCc1nc(N)cc(Nc2ccc(Cl)c(OC)c2)n1. The molecule has 0 saturated carbocycles. The maximum atomic E-state index is 5.97. The van der Waals surface area contributed by atoms with Crippen molar-refractivity contribution in [3.05, 3.63) is 35.1 Å². The van der Waals surface area contributed by atoms with E-state index < -0.39 is 0 Å². The van der Waals surface area contributed by atoms with Crippen LogP contribution in [0.3, 0.4) is 0 Å². The number of nitrogens with zero attached hydrogens (tertiary/aromatic N) is 2. The van der Waals surface area contributed by atoms with Gasteiger partial charge in [-0.05, 0) is 12.1 Å². The van der Waals surface area contributed by atoms with Crippen LogP contribution < -0.4 is 15.8 Å². The Morgan fingerprint density at radius 2 is 2.11 bits per heavy atom. The quantitative estimate of drug-likeness (QED) is 0.899. The Morgan fingerprint density at radius 3 is 2.79 bits per heavy atom. The van der Waals surface area contributed by atoms with Gasteiger partial charge in [0.15, 0.2) is 0 Å². The molecule has 2 rings (SSSR count). The average Bonchev–Trinajstić information content (AvgIpc) is 2.40. The van der Waals surface area contributed by atoms with Crippen LogP contribution in [0.5, 0.6) is 5.75 Å². The van der Waals surface area contributed by atoms with Crippen LogP contribution in [0.15, 0.2) is 24.3 Å². The maximum Gasteiger partial charge on any atom is 0.139 e. The van der Waals surface area contributed by atoms with Gasteiger partial charge in [-0.25, -0.2) is 9.97 Å². The Morgan fingerprint density at radius 1 is 1.32 bits per heavy atom. The highest BCUT2D eigenvalue weighted by Gasteiger charge is 2.05. The van der Waals surface area contributed by atoms with Crippen LogP contribution in [-0.2, 0) is 6.42 Å². The van der Waals surface area contributed by atoms with Crippen molar-refractivity contribution in [2.75, 3.05) is 18.2 Å². The van der Waals surface area contributed by atoms with Gasteiger partial charge in [-0.1, -0.05) is 18.5 Å². The summed E-state index contributed by atoms with van der Waals surface area (Å²) < 4.78 is 5.16. The van der Waals surface area contributed by atoms with Crippen molar-refractivity contribution in [1.29, 1.82) is 0 Å². The molecule has 0 aliphatic rings. The molecule has 1 heterocycles. The number of methoxy groups -OCH3 is 1. The average molecular weight is 279 g/mol. The second-order valence-corrected chi connectivity index (χ2v) is 4.33. The van der Waals surface area contributed by atoms with Gasteiger partial charge in [-0.3, -0.25) is 0 Å². The molecule has 5 nitrogen and oxygen atoms in total. The number of aromatic nitrogens is 2. The van der Waals surface area contributed by atoms with Crippen molar-refractivity contribution in [1.82, 2.24) is 9.97 Å². The standard InChI is InChI=1S/C13H15ClN4O/c1-3-12-17-11(15)7-13(18-12)16-8-4-5-9(14)10(6-8)19-2/h4-7H,3H2,1-2H3,(H3,15,16,17,18). The third kappa shape index (κ3) is 3.26. The minimum atomic E-state index is 0.440. The molecule has 0 saturated heterocycles. The molecule has 19 heavy (non-hydrogen) atoms. The number of rotatable bonds is 4. The molecule has 1 aromatic heterocycles. The zero-order valence-corrected chi connectivity index (χ0v) is 11.5. The number of aryl methyl sites for hydroxylation is 1. The van der Waals surface area contributed by atoms with E-state index in [4.69, 9.17) is 22.1 Å². The number of hydrogen-bond acceptors (Lipinski definition) is 5. The van der Waals surface area contributed by atoms with Crippen molar-refractivity contribution < 1.29 is 4.74 Å². The molecule has 0 spiro atoms. The van der Waals surface area contributed by atoms with Gasteiger partial charge in [0.05, 0.1) is 12.1 Å². The third-order valence-electron chi connectivity index (χ3n) is 2.53. The van der Waals surface area contributed by atoms with Crippen molar-refractivity contribution >= 4 is 28.9 Å². The van der Waals surface area contributed by atoms with Crippen LogP contribution in [0.4, 0.5) is 17.3 Å². The first-order valence-corrected chi connectivity index (χ1v) is 6.24. The molecule has 2 aromatic rings. The molecule has 0 unspecified atom stereocenters. The summed E-state index contributed by atoms with van der Waals surface area (Å²) in [5.41, 5.74) is 6.55. The van der Waals surface area contributed by atoms with E-state index in [1.54, 1.807) is 25.3 Å².